The van der Waals surface area contributed by atoms with E-state index in [1.54, 1.807) is 0 Å². The topological polar surface area (TPSA) is 63.2 Å². The fraction of sp³-hybridized carbons (Fsp3) is 0.857. The van der Waals surface area contributed by atoms with Gasteiger partial charge < -0.3 is 0 Å². The zero-order valence-corrected chi connectivity index (χ0v) is 8.28. The van der Waals surface area contributed by atoms with E-state index in [4.69, 9.17) is 0 Å². The average Bonchev–Trinajstić information content (AvgIpc) is 2.00. The number of amides is 1. The third-order valence-corrected chi connectivity index (χ3v) is 2.71. The highest BCUT2D eigenvalue weighted by molar-refractivity contribution is 7.90. The number of sulfonamides is 1. The molecule has 0 aromatic carbocycles. The molecule has 0 fully saturated rings. The molecular weight excluding hydrogens is 178 g/mol. The summed E-state index contributed by atoms with van der Waals surface area (Å²) in [6.45, 7) is 3.44. The van der Waals surface area contributed by atoms with Crippen molar-refractivity contribution in [1.29, 1.82) is 0 Å². The second-order valence-corrected chi connectivity index (χ2v) is 4.54. The number of rotatable bonds is 5. The molecule has 5 heteroatoms. The normalized spacial score (nSPS) is 11.2. The van der Waals surface area contributed by atoms with Gasteiger partial charge in [-0.2, -0.15) is 0 Å². The molecule has 0 atom stereocenters. The van der Waals surface area contributed by atoms with Crippen molar-refractivity contribution in [1.82, 2.24) is 4.72 Å². The number of carbonyl (C=O) groups is 1. The molecule has 0 radical (unpaired) electrons. The fourth-order valence-electron chi connectivity index (χ4n) is 0.634. The maximum Gasteiger partial charge on any atom is 0.234 e. The van der Waals surface area contributed by atoms with E-state index in [0.717, 1.165) is 12.8 Å². The smallest absolute Gasteiger partial charge is 0.234 e. The Morgan fingerprint density at radius 3 is 2.33 bits per heavy atom. The lowest BCUT2D eigenvalue weighted by Crippen LogP contribution is -2.31. The van der Waals surface area contributed by atoms with Crippen LogP contribution in [0.3, 0.4) is 0 Å². The molecule has 1 N–H and O–H groups in total. The second kappa shape index (κ2) is 5.13. The maximum absolute atomic E-state index is 10.9. The highest BCUT2D eigenvalue weighted by Gasteiger charge is 2.10. The summed E-state index contributed by atoms with van der Waals surface area (Å²) in [7, 11) is -3.35. The minimum absolute atomic E-state index is 0.0507. The van der Waals surface area contributed by atoms with Crippen molar-refractivity contribution in [2.45, 2.75) is 33.1 Å². The quantitative estimate of drug-likeness (QED) is 0.697. The molecular formula is C7H15NO3S. The Labute approximate surface area is 73.4 Å². The van der Waals surface area contributed by atoms with Gasteiger partial charge in [0.1, 0.15) is 0 Å². The first-order chi connectivity index (χ1) is 5.52. The monoisotopic (exact) mass is 193 g/mol. The van der Waals surface area contributed by atoms with Crippen LogP contribution in [0.4, 0.5) is 0 Å². The molecule has 0 aliphatic heterocycles. The molecule has 1 amide bonds. The number of hydrogen-bond donors (Lipinski definition) is 1. The van der Waals surface area contributed by atoms with Crippen LogP contribution in [0.1, 0.15) is 33.1 Å². The summed E-state index contributed by atoms with van der Waals surface area (Å²) < 4.78 is 23.7. The number of unbranched alkanes of at least 4 members (excludes halogenated alkanes) is 1. The van der Waals surface area contributed by atoms with E-state index in [1.807, 2.05) is 11.6 Å². The lowest BCUT2D eigenvalue weighted by atomic mass is 10.2. The summed E-state index contributed by atoms with van der Waals surface area (Å²) in [6.07, 6.45) is 1.90. The Morgan fingerprint density at radius 1 is 1.33 bits per heavy atom. The number of nitrogens with one attached hydrogen (secondary N) is 1. The molecule has 0 bridgehead atoms. The predicted octanol–water partition coefficient (Wildman–Crippen LogP) is 0.643. The van der Waals surface area contributed by atoms with Gasteiger partial charge in [-0.3, -0.25) is 9.52 Å². The molecule has 0 unspecified atom stereocenters. The van der Waals surface area contributed by atoms with E-state index in [-0.39, 0.29) is 12.2 Å². The van der Waals surface area contributed by atoms with Gasteiger partial charge in [-0.25, -0.2) is 8.42 Å². The minimum atomic E-state index is -3.35. The van der Waals surface area contributed by atoms with Gasteiger partial charge in [0.15, 0.2) is 0 Å². The van der Waals surface area contributed by atoms with E-state index in [0.29, 0.717) is 0 Å². The van der Waals surface area contributed by atoms with Gasteiger partial charge in [-0.15, -0.1) is 0 Å². The molecule has 0 heterocycles. The van der Waals surface area contributed by atoms with Gasteiger partial charge in [0.25, 0.3) is 0 Å². The van der Waals surface area contributed by atoms with Crippen LogP contribution in [0, 0.1) is 0 Å². The Hall–Kier alpha value is -0.580. The Morgan fingerprint density at radius 2 is 1.92 bits per heavy atom. The molecule has 12 heavy (non-hydrogen) atoms. The van der Waals surface area contributed by atoms with Crippen LogP contribution in [0.25, 0.3) is 0 Å². The van der Waals surface area contributed by atoms with Crippen molar-refractivity contribution >= 4 is 15.9 Å². The van der Waals surface area contributed by atoms with Gasteiger partial charge >= 0.3 is 0 Å². The molecule has 0 spiro atoms. The van der Waals surface area contributed by atoms with Crippen molar-refractivity contribution in [3.05, 3.63) is 0 Å². The molecule has 4 nitrogen and oxygen atoms in total. The van der Waals surface area contributed by atoms with Gasteiger partial charge in [0, 0.05) is 6.42 Å². The second-order valence-electron chi connectivity index (χ2n) is 2.53. The summed E-state index contributed by atoms with van der Waals surface area (Å²) in [4.78, 5) is 10.9. The van der Waals surface area contributed by atoms with E-state index >= 15 is 0 Å². The lowest BCUT2D eigenvalue weighted by molar-refractivity contribution is -0.119. The Balaban J connectivity index is 3.85. The van der Waals surface area contributed by atoms with Crippen LogP contribution >= 0.6 is 0 Å². The first-order valence-corrected chi connectivity index (χ1v) is 5.70. The number of carbonyl (C=O) groups excluding carboxylic acids is 1. The Bertz CT molecular complexity index is 233. The highest BCUT2D eigenvalue weighted by Crippen LogP contribution is 1.94. The SMILES string of the molecule is CCCCC(=O)NS(=O)(=O)CC. The van der Waals surface area contributed by atoms with Crippen molar-refractivity contribution in [2.24, 2.45) is 0 Å². The summed E-state index contributed by atoms with van der Waals surface area (Å²) in [5, 5.41) is 0. The zero-order valence-electron chi connectivity index (χ0n) is 7.46. The van der Waals surface area contributed by atoms with Crippen LogP contribution in [0.15, 0.2) is 0 Å². The molecule has 0 aliphatic carbocycles. The van der Waals surface area contributed by atoms with Crippen molar-refractivity contribution < 1.29 is 13.2 Å². The third-order valence-electron chi connectivity index (χ3n) is 1.41. The summed E-state index contributed by atoms with van der Waals surface area (Å²) in [6, 6.07) is 0. The van der Waals surface area contributed by atoms with Crippen molar-refractivity contribution in [3.8, 4) is 0 Å². The fourth-order valence-corrected chi connectivity index (χ4v) is 1.23. The van der Waals surface area contributed by atoms with Gasteiger partial charge in [-0.1, -0.05) is 13.3 Å². The first kappa shape index (κ1) is 11.4. The molecule has 0 aromatic heterocycles. The molecule has 0 saturated carbocycles. The van der Waals surface area contributed by atoms with Crippen molar-refractivity contribution in [3.63, 3.8) is 0 Å². The first-order valence-electron chi connectivity index (χ1n) is 4.05. The lowest BCUT2D eigenvalue weighted by Gasteiger charge is -2.02. The third kappa shape index (κ3) is 5.12. The Kier molecular flexibility index (Phi) is 4.89. The number of hydrogen-bond acceptors (Lipinski definition) is 3. The molecule has 72 valence electrons. The van der Waals surface area contributed by atoms with E-state index in [9.17, 15) is 13.2 Å². The van der Waals surface area contributed by atoms with Crippen LogP contribution in [-0.4, -0.2) is 20.1 Å². The summed E-state index contributed by atoms with van der Waals surface area (Å²) in [5.74, 6) is -0.455. The largest absolute Gasteiger partial charge is 0.274 e. The van der Waals surface area contributed by atoms with E-state index in [2.05, 4.69) is 0 Å². The van der Waals surface area contributed by atoms with Gasteiger partial charge in [0.2, 0.25) is 15.9 Å². The summed E-state index contributed by atoms with van der Waals surface area (Å²) >= 11 is 0. The average molecular weight is 193 g/mol. The minimum Gasteiger partial charge on any atom is -0.274 e. The molecule has 0 saturated heterocycles. The van der Waals surface area contributed by atoms with E-state index < -0.39 is 15.9 Å². The predicted molar refractivity (Wildman–Crippen MR) is 47.1 cm³/mol. The molecule has 0 aromatic rings. The van der Waals surface area contributed by atoms with Crippen LogP contribution in [-0.2, 0) is 14.8 Å². The zero-order chi connectivity index (χ0) is 9.61. The summed E-state index contributed by atoms with van der Waals surface area (Å²) in [5.41, 5.74) is 0. The van der Waals surface area contributed by atoms with Gasteiger partial charge in [-0.05, 0) is 13.3 Å². The molecule has 0 rings (SSSR count). The van der Waals surface area contributed by atoms with Crippen LogP contribution in [0.5, 0.6) is 0 Å². The van der Waals surface area contributed by atoms with E-state index in [1.165, 1.54) is 6.92 Å². The maximum atomic E-state index is 10.9. The van der Waals surface area contributed by atoms with Gasteiger partial charge in [0.05, 0.1) is 5.75 Å². The highest BCUT2D eigenvalue weighted by atomic mass is 32.2. The van der Waals surface area contributed by atoms with Crippen molar-refractivity contribution in [2.75, 3.05) is 5.75 Å². The molecule has 0 aliphatic rings. The standard InChI is InChI=1S/C7H15NO3S/c1-3-5-6-7(9)8-12(10,11)4-2/h3-6H2,1-2H3,(H,8,9). The van der Waals surface area contributed by atoms with Crippen LogP contribution < -0.4 is 4.72 Å². The van der Waals surface area contributed by atoms with Crippen LogP contribution in [0.2, 0.25) is 0 Å².